The van der Waals surface area contributed by atoms with E-state index < -0.39 is 0 Å². The summed E-state index contributed by atoms with van der Waals surface area (Å²) in [7, 11) is 0. The summed E-state index contributed by atoms with van der Waals surface area (Å²) >= 11 is 0. The van der Waals surface area contributed by atoms with Gasteiger partial charge in [0, 0.05) is 0 Å². The van der Waals surface area contributed by atoms with E-state index in [0.717, 1.165) is 0 Å². The average molecular weight is 228 g/mol. The van der Waals surface area contributed by atoms with Crippen LogP contribution in [-0.2, 0) is 0 Å². The molecule has 92 valence electrons. The van der Waals surface area contributed by atoms with Crippen LogP contribution < -0.4 is 0 Å². The Balaban J connectivity index is 0.00000121. The highest BCUT2D eigenvalue weighted by Gasteiger charge is 2.02. The van der Waals surface area contributed by atoms with Gasteiger partial charge in [0.15, 0.2) is 0 Å². The topological polar surface area (TPSA) is 0 Å². The molecule has 0 spiro atoms. The fourth-order valence-electron chi connectivity index (χ4n) is 1.57. The Morgan fingerprint density at radius 1 is 1.12 bits per heavy atom. The van der Waals surface area contributed by atoms with E-state index in [9.17, 15) is 0 Å². The van der Waals surface area contributed by atoms with Gasteiger partial charge in [0.05, 0.1) is 0 Å². The van der Waals surface area contributed by atoms with Crippen molar-refractivity contribution in [3.63, 3.8) is 0 Å². The van der Waals surface area contributed by atoms with Gasteiger partial charge in [0.25, 0.3) is 0 Å². The predicted octanol–water partition coefficient (Wildman–Crippen LogP) is 5.56. The first-order valence-electron chi connectivity index (χ1n) is 6.19. The second kappa shape index (κ2) is 8.58. The van der Waals surface area contributed by atoms with Crippen LogP contribution in [0.3, 0.4) is 0 Å². The summed E-state index contributed by atoms with van der Waals surface area (Å²) < 4.78 is 0. The quantitative estimate of drug-likeness (QED) is 0.594. The van der Waals surface area contributed by atoms with Crippen LogP contribution in [0.25, 0.3) is 5.57 Å². The predicted molar refractivity (Wildman–Crippen MR) is 80.1 cm³/mol. The van der Waals surface area contributed by atoms with E-state index in [1.165, 1.54) is 22.3 Å². The van der Waals surface area contributed by atoms with E-state index in [4.69, 9.17) is 0 Å². The lowest BCUT2D eigenvalue weighted by Gasteiger charge is -2.08. The maximum atomic E-state index is 3.70. The summed E-state index contributed by atoms with van der Waals surface area (Å²) in [5.41, 5.74) is 5.22. The molecule has 0 radical (unpaired) electrons. The third-order valence-electron chi connectivity index (χ3n) is 2.37. The maximum absolute atomic E-state index is 3.70. The highest BCUT2D eigenvalue weighted by Crippen LogP contribution is 2.23. The van der Waals surface area contributed by atoms with E-state index in [1.807, 2.05) is 19.9 Å². The second-order valence-electron chi connectivity index (χ2n) is 3.82. The molecule has 0 bridgehead atoms. The Kier molecular flexibility index (Phi) is 7.79. The third-order valence-corrected chi connectivity index (χ3v) is 2.37. The van der Waals surface area contributed by atoms with Gasteiger partial charge < -0.3 is 0 Å². The smallest absolute Gasteiger partial charge is 0.0155 e. The van der Waals surface area contributed by atoms with Crippen molar-refractivity contribution >= 4 is 5.57 Å². The van der Waals surface area contributed by atoms with Gasteiger partial charge in [-0.1, -0.05) is 68.5 Å². The van der Waals surface area contributed by atoms with Gasteiger partial charge in [-0.2, -0.15) is 0 Å². The number of hydrogen-bond acceptors (Lipinski definition) is 0. The van der Waals surface area contributed by atoms with Crippen LogP contribution in [-0.4, -0.2) is 0 Å². The first kappa shape index (κ1) is 15.4. The number of rotatable bonds is 3. The second-order valence-corrected chi connectivity index (χ2v) is 3.82. The molecule has 0 heteroatoms. The summed E-state index contributed by atoms with van der Waals surface area (Å²) in [5, 5.41) is 0. The summed E-state index contributed by atoms with van der Waals surface area (Å²) in [6.45, 7) is 14.1. The van der Waals surface area contributed by atoms with E-state index in [1.54, 1.807) is 6.08 Å². The minimum absolute atomic E-state index is 1.29. The molecule has 1 aromatic rings. The minimum Gasteiger partial charge on any atom is -0.0991 e. The first-order valence-corrected chi connectivity index (χ1v) is 6.19. The number of benzene rings is 1. The number of aryl methyl sites for hydroxylation is 1. The zero-order chi connectivity index (χ0) is 13.3. The highest BCUT2D eigenvalue weighted by atomic mass is 14.1. The van der Waals surface area contributed by atoms with Crippen LogP contribution >= 0.6 is 0 Å². The molecule has 0 nitrogen and oxygen atoms in total. The Morgan fingerprint density at radius 2 is 1.71 bits per heavy atom. The Hall–Kier alpha value is -1.56. The molecule has 0 saturated heterocycles. The molecule has 0 N–H and O–H groups in total. The number of hydrogen-bond donors (Lipinski definition) is 0. The molecule has 1 rings (SSSR count). The van der Waals surface area contributed by atoms with E-state index in [0.29, 0.717) is 0 Å². The molecule has 1 aromatic carbocycles. The maximum Gasteiger partial charge on any atom is -0.0155 e. The lowest BCUT2D eigenvalue weighted by atomic mass is 9.97. The van der Waals surface area contributed by atoms with Crippen molar-refractivity contribution in [3.8, 4) is 0 Å². The third kappa shape index (κ3) is 4.86. The fraction of sp³-hybridized carbons (Fsp3) is 0.294. The molecule has 17 heavy (non-hydrogen) atoms. The van der Waals surface area contributed by atoms with E-state index in [2.05, 4.69) is 57.7 Å². The van der Waals surface area contributed by atoms with Gasteiger partial charge in [-0.3, -0.25) is 0 Å². The highest BCUT2D eigenvalue weighted by molar-refractivity contribution is 5.78. The molecule has 0 fully saturated rings. The van der Waals surface area contributed by atoms with Gasteiger partial charge >= 0.3 is 0 Å². The molecule has 0 atom stereocenters. The Bertz CT molecular complexity index is 402. The largest absolute Gasteiger partial charge is 0.0991 e. The summed E-state index contributed by atoms with van der Waals surface area (Å²) in [5.74, 6) is 0. The van der Waals surface area contributed by atoms with E-state index >= 15 is 0 Å². The van der Waals surface area contributed by atoms with Gasteiger partial charge in [0.2, 0.25) is 0 Å². The van der Waals surface area contributed by atoms with Crippen LogP contribution in [0.4, 0.5) is 0 Å². The van der Waals surface area contributed by atoms with Crippen molar-refractivity contribution < 1.29 is 0 Å². The van der Waals surface area contributed by atoms with Crippen LogP contribution in [0.1, 0.15) is 38.8 Å². The molecule has 0 aliphatic heterocycles. The van der Waals surface area contributed by atoms with Crippen LogP contribution in [0, 0.1) is 6.92 Å². The first-order chi connectivity index (χ1) is 8.16. The van der Waals surface area contributed by atoms with Gasteiger partial charge in [-0.15, -0.1) is 0 Å². The van der Waals surface area contributed by atoms with Crippen LogP contribution in [0.5, 0.6) is 0 Å². The lowest BCUT2D eigenvalue weighted by molar-refractivity contribution is 1.36. The van der Waals surface area contributed by atoms with Crippen molar-refractivity contribution in [2.75, 3.05) is 0 Å². The summed E-state index contributed by atoms with van der Waals surface area (Å²) in [4.78, 5) is 0. The normalized spacial score (nSPS) is 9.47. The Morgan fingerprint density at radius 3 is 2.18 bits per heavy atom. The van der Waals surface area contributed by atoms with Gasteiger partial charge in [-0.25, -0.2) is 0 Å². The van der Waals surface area contributed by atoms with Crippen LogP contribution in [0.15, 0.2) is 54.6 Å². The van der Waals surface area contributed by atoms with Crippen molar-refractivity contribution in [2.45, 2.75) is 34.6 Å². The summed E-state index contributed by atoms with van der Waals surface area (Å²) in [6, 6.07) is 8.44. The van der Waals surface area contributed by atoms with Crippen molar-refractivity contribution in [1.82, 2.24) is 0 Å². The van der Waals surface area contributed by atoms with Gasteiger partial charge in [0.1, 0.15) is 0 Å². The SMILES string of the molecule is C=C/C=C\C(=C(C)C)c1ccccc1C.CC. The number of allylic oxidation sites excluding steroid dienone is 5. The van der Waals surface area contributed by atoms with Crippen LogP contribution in [0.2, 0.25) is 0 Å². The Labute approximate surface area is 106 Å². The average Bonchev–Trinajstić information content (AvgIpc) is 2.34. The van der Waals surface area contributed by atoms with Crippen molar-refractivity contribution in [2.24, 2.45) is 0 Å². The lowest BCUT2D eigenvalue weighted by Crippen LogP contribution is -1.88. The van der Waals surface area contributed by atoms with Gasteiger partial charge in [-0.05, 0) is 37.5 Å². The molecule has 0 unspecified atom stereocenters. The zero-order valence-electron chi connectivity index (χ0n) is 11.7. The minimum atomic E-state index is 1.29. The molecule has 0 aromatic heterocycles. The molecular formula is C17H24. The standard InChI is InChI=1S/C15H18.C2H6/c1-5-6-10-14(12(2)3)15-11-8-7-9-13(15)4;1-2/h5-11H,1H2,2-4H3;1-2H3/b10-6-;. The monoisotopic (exact) mass is 228 g/mol. The molecule has 0 aliphatic carbocycles. The molecule has 0 heterocycles. The molecule has 0 aliphatic rings. The molecule has 0 amide bonds. The van der Waals surface area contributed by atoms with Crippen molar-refractivity contribution in [1.29, 1.82) is 0 Å². The zero-order valence-corrected chi connectivity index (χ0v) is 11.7. The molecule has 0 saturated carbocycles. The molecular weight excluding hydrogens is 204 g/mol. The summed E-state index contributed by atoms with van der Waals surface area (Å²) in [6.07, 6.45) is 5.90. The van der Waals surface area contributed by atoms with E-state index in [-0.39, 0.29) is 0 Å². The fourth-order valence-corrected chi connectivity index (χ4v) is 1.57. The van der Waals surface area contributed by atoms with Crippen molar-refractivity contribution in [3.05, 3.63) is 65.8 Å².